The van der Waals surface area contributed by atoms with Crippen LogP contribution < -0.4 is 0 Å². The average molecular weight is 204 g/mol. The first-order valence-electron chi connectivity index (χ1n) is 5.46. The molecule has 0 aliphatic heterocycles. The maximum Gasteiger partial charge on any atom is 0.309 e. The summed E-state index contributed by atoms with van der Waals surface area (Å²) in [6.45, 7) is 3.56. The molecule has 0 aromatic rings. The van der Waals surface area contributed by atoms with Gasteiger partial charge in [-0.15, -0.1) is 0 Å². The lowest BCUT2D eigenvalue weighted by atomic mass is 10.00. The van der Waals surface area contributed by atoms with Gasteiger partial charge in [0.2, 0.25) is 0 Å². The second-order valence-electron chi connectivity index (χ2n) is 3.85. The van der Waals surface area contributed by atoms with Crippen LogP contribution in [0.2, 0.25) is 0 Å². The Kier molecular flexibility index (Phi) is 7.44. The molecule has 0 bridgehead atoms. The van der Waals surface area contributed by atoms with Crippen molar-refractivity contribution in [1.82, 2.24) is 0 Å². The van der Waals surface area contributed by atoms with E-state index in [1.54, 1.807) is 0 Å². The molecule has 0 fully saturated rings. The summed E-state index contributed by atoms with van der Waals surface area (Å²) in [6.07, 6.45) is 4.51. The van der Waals surface area contributed by atoms with Crippen molar-refractivity contribution in [2.45, 2.75) is 58.5 Å². The standard InChI is InChI=1S/C11H21FO2/c1-3-4-5-6-7-8-10(12)9(2)11(13)14/h9-10H,3-8H2,1-2H3,(H,13,14)/t9-,10+/m0/s1. The summed E-state index contributed by atoms with van der Waals surface area (Å²) in [5.74, 6) is -1.90. The lowest BCUT2D eigenvalue weighted by molar-refractivity contribution is -0.143. The van der Waals surface area contributed by atoms with Crippen LogP contribution in [0.15, 0.2) is 0 Å². The van der Waals surface area contributed by atoms with Gasteiger partial charge in [-0.05, 0) is 13.3 Å². The highest BCUT2D eigenvalue weighted by Crippen LogP contribution is 2.16. The fraction of sp³-hybridized carbons (Fsp3) is 0.909. The van der Waals surface area contributed by atoms with Crippen LogP contribution in [0.1, 0.15) is 52.4 Å². The second kappa shape index (κ2) is 7.77. The molecule has 0 aromatic heterocycles. The van der Waals surface area contributed by atoms with Gasteiger partial charge in [0.1, 0.15) is 6.17 Å². The maximum atomic E-state index is 13.2. The maximum absolute atomic E-state index is 13.2. The number of alkyl halides is 1. The number of carbonyl (C=O) groups is 1. The van der Waals surface area contributed by atoms with Crippen LogP contribution in [0.4, 0.5) is 4.39 Å². The van der Waals surface area contributed by atoms with Gasteiger partial charge in [0.25, 0.3) is 0 Å². The van der Waals surface area contributed by atoms with E-state index in [0.29, 0.717) is 6.42 Å². The number of unbranched alkanes of at least 4 members (excludes halogenated alkanes) is 4. The van der Waals surface area contributed by atoms with E-state index in [1.807, 2.05) is 0 Å². The van der Waals surface area contributed by atoms with E-state index < -0.39 is 18.1 Å². The van der Waals surface area contributed by atoms with Crippen LogP contribution in [-0.2, 0) is 4.79 Å². The Labute approximate surface area is 85.5 Å². The lowest BCUT2D eigenvalue weighted by Gasteiger charge is -2.11. The van der Waals surface area contributed by atoms with Crippen LogP contribution in [0, 0.1) is 5.92 Å². The topological polar surface area (TPSA) is 37.3 Å². The summed E-state index contributed by atoms with van der Waals surface area (Å²) in [6, 6.07) is 0. The summed E-state index contributed by atoms with van der Waals surface area (Å²) >= 11 is 0. The number of halogens is 1. The smallest absolute Gasteiger partial charge is 0.309 e. The third kappa shape index (κ3) is 5.95. The van der Waals surface area contributed by atoms with Gasteiger partial charge in [0.15, 0.2) is 0 Å². The Balaban J connectivity index is 3.43. The van der Waals surface area contributed by atoms with Crippen LogP contribution in [-0.4, -0.2) is 17.2 Å². The molecule has 0 heterocycles. The summed E-state index contributed by atoms with van der Waals surface area (Å²) in [5.41, 5.74) is 0. The average Bonchev–Trinajstić information content (AvgIpc) is 2.16. The highest BCUT2D eigenvalue weighted by atomic mass is 19.1. The monoisotopic (exact) mass is 204 g/mol. The highest BCUT2D eigenvalue weighted by molar-refractivity contribution is 5.70. The van der Waals surface area contributed by atoms with Crippen molar-refractivity contribution in [2.24, 2.45) is 5.92 Å². The molecular weight excluding hydrogens is 183 g/mol. The van der Waals surface area contributed by atoms with E-state index in [9.17, 15) is 9.18 Å². The van der Waals surface area contributed by atoms with Crippen molar-refractivity contribution < 1.29 is 14.3 Å². The second-order valence-corrected chi connectivity index (χ2v) is 3.85. The lowest BCUT2D eigenvalue weighted by Crippen LogP contribution is -2.21. The zero-order valence-electron chi connectivity index (χ0n) is 9.13. The number of hydrogen-bond donors (Lipinski definition) is 1. The Hall–Kier alpha value is -0.600. The first-order valence-corrected chi connectivity index (χ1v) is 5.46. The molecule has 2 nitrogen and oxygen atoms in total. The van der Waals surface area contributed by atoms with Crippen molar-refractivity contribution in [3.8, 4) is 0 Å². The Bertz CT molecular complexity index is 159. The summed E-state index contributed by atoms with van der Waals surface area (Å²) < 4.78 is 13.2. The summed E-state index contributed by atoms with van der Waals surface area (Å²) in [4.78, 5) is 10.4. The molecule has 0 radical (unpaired) electrons. The molecule has 3 heteroatoms. The molecule has 0 saturated carbocycles. The summed E-state index contributed by atoms with van der Waals surface area (Å²) in [7, 11) is 0. The zero-order valence-corrected chi connectivity index (χ0v) is 9.13. The van der Waals surface area contributed by atoms with Gasteiger partial charge < -0.3 is 5.11 Å². The molecule has 0 rings (SSSR count). The number of rotatable bonds is 8. The molecule has 0 saturated heterocycles. The molecule has 2 atom stereocenters. The highest BCUT2D eigenvalue weighted by Gasteiger charge is 2.22. The van der Waals surface area contributed by atoms with Crippen molar-refractivity contribution >= 4 is 5.97 Å². The SMILES string of the molecule is CCCCCCC[C@@H](F)[C@H](C)C(=O)O. The van der Waals surface area contributed by atoms with E-state index in [-0.39, 0.29) is 0 Å². The minimum Gasteiger partial charge on any atom is -0.481 e. The van der Waals surface area contributed by atoms with Crippen LogP contribution in [0.3, 0.4) is 0 Å². The van der Waals surface area contributed by atoms with E-state index >= 15 is 0 Å². The molecule has 0 unspecified atom stereocenters. The third-order valence-corrected chi connectivity index (χ3v) is 2.52. The molecule has 0 aliphatic rings. The van der Waals surface area contributed by atoms with E-state index in [1.165, 1.54) is 19.8 Å². The third-order valence-electron chi connectivity index (χ3n) is 2.52. The molecule has 0 aliphatic carbocycles. The first kappa shape index (κ1) is 13.4. The van der Waals surface area contributed by atoms with Crippen LogP contribution in [0.5, 0.6) is 0 Å². The molecular formula is C11H21FO2. The van der Waals surface area contributed by atoms with Gasteiger partial charge >= 0.3 is 5.97 Å². The molecule has 0 aromatic carbocycles. The van der Waals surface area contributed by atoms with Gasteiger partial charge in [-0.2, -0.15) is 0 Å². The largest absolute Gasteiger partial charge is 0.481 e. The normalized spacial score (nSPS) is 15.1. The Morgan fingerprint density at radius 3 is 2.36 bits per heavy atom. The molecule has 0 amide bonds. The van der Waals surface area contributed by atoms with E-state index in [2.05, 4.69) is 6.92 Å². The molecule has 0 spiro atoms. The van der Waals surface area contributed by atoms with Gasteiger partial charge in [-0.1, -0.05) is 39.0 Å². The number of hydrogen-bond acceptors (Lipinski definition) is 1. The van der Waals surface area contributed by atoms with Gasteiger partial charge in [-0.25, -0.2) is 4.39 Å². The van der Waals surface area contributed by atoms with Crippen molar-refractivity contribution in [3.05, 3.63) is 0 Å². The Morgan fingerprint density at radius 1 is 1.29 bits per heavy atom. The van der Waals surface area contributed by atoms with Crippen LogP contribution >= 0.6 is 0 Å². The quantitative estimate of drug-likeness (QED) is 0.615. The van der Waals surface area contributed by atoms with Crippen molar-refractivity contribution in [3.63, 3.8) is 0 Å². The van der Waals surface area contributed by atoms with E-state index in [0.717, 1.165) is 19.3 Å². The Morgan fingerprint density at radius 2 is 1.86 bits per heavy atom. The number of carboxylic acids is 1. The minimum absolute atomic E-state index is 0.386. The molecule has 14 heavy (non-hydrogen) atoms. The fourth-order valence-electron chi connectivity index (χ4n) is 1.35. The predicted octanol–water partition coefficient (Wildman–Crippen LogP) is 3.41. The molecule has 1 N–H and O–H groups in total. The van der Waals surface area contributed by atoms with Crippen molar-refractivity contribution in [2.75, 3.05) is 0 Å². The molecule has 84 valence electrons. The number of carboxylic acid groups (broad SMARTS) is 1. The van der Waals surface area contributed by atoms with Gasteiger partial charge in [-0.3, -0.25) is 4.79 Å². The zero-order chi connectivity index (χ0) is 11.0. The van der Waals surface area contributed by atoms with Gasteiger partial charge in [0, 0.05) is 0 Å². The van der Waals surface area contributed by atoms with Crippen molar-refractivity contribution in [1.29, 1.82) is 0 Å². The minimum atomic E-state index is -1.19. The predicted molar refractivity (Wildman–Crippen MR) is 55.1 cm³/mol. The summed E-state index contributed by atoms with van der Waals surface area (Å²) in [5, 5.41) is 8.55. The van der Waals surface area contributed by atoms with Crippen LogP contribution in [0.25, 0.3) is 0 Å². The van der Waals surface area contributed by atoms with E-state index in [4.69, 9.17) is 5.11 Å². The number of aliphatic carboxylic acids is 1. The van der Waals surface area contributed by atoms with Gasteiger partial charge in [0.05, 0.1) is 5.92 Å². The first-order chi connectivity index (χ1) is 6.59. The fourth-order valence-corrected chi connectivity index (χ4v) is 1.35.